The molecule has 0 atom stereocenters. The normalized spacial score (nSPS) is 16.5. The molecule has 0 radical (unpaired) electrons. The van der Waals surface area contributed by atoms with Gasteiger partial charge in [0.1, 0.15) is 0 Å². The van der Waals surface area contributed by atoms with Crippen LogP contribution in [0, 0.1) is 0 Å². The SMILES string of the molecule is CCN(CC)p1oc2c3cc(C(C)(C)C)cc2sc2cc(C(C)(C)C)cc(sc4cc(C(C)(C)C)cc5sc6cc(C(C)(C)C)cc(s3)c6OP(=O)(N(CC)CC)Oc54)c2o1. The maximum absolute atomic E-state index is 15.9. The molecule has 7 nitrogen and oxygen atoms in total. The van der Waals surface area contributed by atoms with Crippen LogP contribution in [-0.2, 0) is 26.2 Å². The molecule has 0 saturated heterocycles. The second kappa shape index (κ2) is 16.8. The summed E-state index contributed by atoms with van der Waals surface area (Å²) in [5, 5.41) is 0. The fraction of sp³-hybridized carbons (Fsp3) is 0.500. The van der Waals surface area contributed by atoms with E-state index in [1.54, 1.807) is 45.3 Å². The van der Waals surface area contributed by atoms with E-state index in [-0.39, 0.29) is 21.7 Å². The molecule has 3 aliphatic heterocycles. The third-order valence-corrected chi connectivity index (χ3v) is 19.2. The van der Waals surface area contributed by atoms with Crippen LogP contribution in [0.15, 0.2) is 56.9 Å². The zero-order chi connectivity index (χ0) is 44.6. The predicted octanol–water partition coefficient (Wildman–Crippen LogP) is 17.6. The Kier molecular flexibility index (Phi) is 12.7. The van der Waals surface area contributed by atoms with Crippen molar-refractivity contribution < 1.29 is 22.0 Å². The summed E-state index contributed by atoms with van der Waals surface area (Å²) in [7, 11) is -5.64. The molecule has 12 bridgehead atoms. The Labute approximate surface area is 379 Å². The van der Waals surface area contributed by atoms with Crippen LogP contribution >= 0.6 is 61.3 Å². The minimum Gasteiger partial charge on any atom is -0.405 e. The van der Waals surface area contributed by atoms with Gasteiger partial charge in [0.05, 0.1) is 37.6 Å². The van der Waals surface area contributed by atoms with Gasteiger partial charge in [0, 0.05) is 26.2 Å². The van der Waals surface area contributed by atoms with E-state index in [0.717, 1.165) is 73.0 Å². The quantitative estimate of drug-likeness (QED) is 0.154. The average molecular weight is 939 g/mol. The lowest BCUT2D eigenvalue weighted by Gasteiger charge is -2.31. The van der Waals surface area contributed by atoms with Gasteiger partial charge in [0.2, 0.25) is 0 Å². The molecule has 4 aromatic carbocycles. The van der Waals surface area contributed by atoms with Crippen molar-refractivity contribution in [1.82, 2.24) is 4.67 Å². The average Bonchev–Trinajstić information content (AvgIpc) is 3.13. The lowest BCUT2D eigenvalue weighted by atomic mass is 9.87. The molecular weight excluding hydrogens is 875 g/mol. The van der Waals surface area contributed by atoms with Gasteiger partial charge < -0.3 is 17.4 Å². The maximum Gasteiger partial charge on any atom is 0.515 e. The summed E-state index contributed by atoms with van der Waals surface area (Å²) in [6.45, 7) is 37.9. The third kappa shape index (κ3) is 9.34. The minimum atomic E-state index is -4.03. The first-order valence-electron chi connectivity index (χ1n) is 21.5. The highest BCUT2D eigenvalue weighted by Gasteiger charge is 2.39. The Hall–Kier alpha value is -2.59. The van der Waals surface area contributed by atoms with Crippen LogP contribution in [0.3, 0.4) is 0 Å². The molecule has 6 heterocycles. The van der Waals surface area contributed by atoms with E-state index in [4.69, 9.17) is 17.4 Å². The van der Waals surface area contributed by atoms with Crippen molar-refractivity contribution in [2.45, 2.75) is 132 Å². The molecule has 0 unspecified atom stereocenters. The van der Waals surface area contributed by atoms with Gasteiger partial charge in [-0.1, -0.05) is 111 Å². The van der Waals surface area contributed by atoms with E-state index in [2.05, 4.69) is 150 Å². The van der Waals surface area contributed by atoms with Gasteiger partial charge >= 0.3 is 15.9 Å². The van der Waals surface area contributed by atoms with Crippen molar-refractivity contribution in [1.29, 1.82) is 0 Å². The van der Waals surface area contributed by atoms with E-state index in [9.17, 15) is 0 Å². The number of benzene rings is 4. The van der Waals surface area contributed by atoms with Crippen molar-refractivity contribution in [2.75, 3.05) is 30.8 Å². The van der Waals surface area contributed by atoms with E-state index < -0.39 is 15.9 Å². The summed E-state index contributed by atoms with van der Waals surface area (Å²) >= 11 is 6.59. The van der Waals surface area contributed by atoms with Gasteiger partial charge in [-0.3, -0.25) is 0 Å². The molecule has 10 rings (SSSR count). The predicted molar refractivity (Wildman–Crippen MR) is 271 cm³/mol. The Morgan fingerprint density at radius 3 is 0.984 bits per heavy atom. The Bertz CT molecular complexity index is 2690. The van der Waals surface area contributed by atoms with Crippen LogP contribution in [0.2, 0.25) is 0 Å². The van der Waals surface area contributed by atoms with Crippen LogP contribution in [0.25, 0.3) is 48.8 Å². The molecule has 0 amide bonds. The highest BCUT2D eigenvalue weighted by molar-refractivity contribution is 7.52. The standard InChI is InChI=1S/C48H64N2O5P2S4/c1-17-49(18-2)56-52-41-33-21-29(45(5,6)7)23-35(41)59-37-25-31(47(11,12)13)27-39-43(37)54-57(51,50(19-3)20-4)55-44-38(26-32(48(14,15)16)28-40(44)61-39)60-36-24-30(46(8,9)10)22-34(58-33)42(36)53-56/h21-28H,17-20H2,1-16H3. The van der Waals surface area contributed by atoms with Gasteiger partial charge in [0.25, 0.3) is 0 Å². The molecular formula is C48H64N2O5P2S4. The largest absolute Gasteiger partial charge is 0.515 e. The molecule has 0 N–H and O–H groups in total. The zero-order valence-corrected chi connectivity index (χ0v) is 44.0. The van der Waals surface area contributed by atoms with Crippen molar-refractivity contribution in [3.05, 3.63) is 70.8 Å². The van der Waals surface area contributed by atoms with Crippen LogP contribution in [0.4, 0.5) is 0 Å². The van der Waals surface area contributed by atoms with Gasteiger partial charge in [-0.05, 0) is 92.4 Å². The Morgan fingerprint density at radius 1 is 0.459 bits per heavy atom. The fourth-order valence-electron chi connectivity index (χ4n) is 7.16. The highest BCUT2D eigenvalue weighted by atomic mass is 32.1. The summed E-state index contributed by atoms with van der Waals surface area (Å²) in [6.07, 6.45) is 0. The molecule has 61 heavy (non-hydrogen) atoms. The van der Waals surface area contributed by atoms with Crippen LogP contribution in [0.1, 0.15) is 133 Å². The van der Waals surface area contributed by atoms with Crippen LogP contribution in [0.5, 0.6) is 11.5 Å². The first-order valence-corrected chi connectivity index (χ1v) is 27.4. The number of hydrogen-bond acceptors (Lipinski definition) is 10. The summed E-state index contributed by atoms with van der Waals surface area (Å²) in [4.78, 5) is 0. The summed E-state index contributed by atoms with van der Waals surface area (Å²) in [6, 6.07) is 18.1. The molecule has 3 aromatic heterocycles. The topological polar surface area (TPSA) is 68.3 Å². The summed E-state index contributed by atoms with van der Waals surface area (Å²) in [5.74, 6) is 1.12. The van der Waals surface area contributed by atoms with Gasteiger partial charge in [-0.25, -0.2) is 9.24 Å². The monoisotopic (exact) mass is 938 g/mol. The zero-order valence-electron chi connectivity index (χ0n) is 38.9. The second-order valence-electron chi connectivity index (χ2n) is 20.0. The molecule has 330 valence electrons. The maximum atomic E-state index is 15.9. The van der Waals surface area contributed by atoms with Crippen molar-refractivity contribution in [2.24, 2.45) is 0 Å². The van der Waals surface area contributed by atoms with Gasteiger partial charge in [-0.2, -0.15) is 4.67 Å². The Balaban J connectivity index is 1.95. The molecule has 0 spiro atoms. The third-order valence-electron chi connectivity index (χ3n) is 11.2. The van der Waals surface area contributed by atoms with E-state index in [1.165, 1.54) is 11.1 Å². The number of hydrogen-bond donors (Lipinski definition) is 0. The fourth-order valence-corrected chi connectivity index (χ4v) is 15.6. The molecule has 13 heteroatoms. The van der Waals surface area contributed by atoms with Crippen LogP contribution in [-0.4, -0.2) is 30.8 Å². The lowest BCUT2D eigenvalue weighted by Crippen LogP contribution is -2.26. The minimum absolute atomic E-state index is 0.171. The smallest absolute Gasteiger partial charge is 0.405 e. The highest BCUT2D eigenvalue weighted by Crippen LogP contribution is 2.59. The second-order valence-corrected chi connectivity index (χ2v) is 27.6. The van der Waals surface area contributed by atoms with E-state index >= 15 is 4.57 Å². The van der Waals surface area contributed by atoms with Crippen molar-refractivity contribution in [3.63, 3.8) is 0 Å². The van der Waals surface area contributed by atoms with Crippen LogP contribution < -0.4 is 13.7 Å². The molecule has 0 aliphatic carbocycles. The van der Waals surface area contributed by atoms with Gasteiger partial charge in [-0.15, -0.1) is 45.3 Å². The molecule has 0 fully saturated rings. The van der Waals surface area contributed by atoms with Crippen molar-refractivity contribution >= 4 is 110 Å². The molecule has 3 aliphatic rings. The van der Waals surface area contributed by atoms with E-state index in [0.29, 0.717) is 24.6 Å². The number of rotatable bonds is 6. The summed E-state index contributed by atoms with van der Waals surface area (Å²) in [5.41, 5.74) is 5.52. The Morgan fingerprint density at radius 2 is 0.721 bits per heavy atom. The molecule has 0 saturated carbocycles. The first-order chi connectivity index (χ1) is 28.4. The lowest BCUT2D eigenvalue weighted by molar-refractivity contribution is 0.299. The number of nitrogens with zero attached hydrogens (tertiary/aromatic N) is 2. The molecule has 7 aromatic rings. The first kappa shape index (κ1) is 46.4. The van der Waals surface area contributed by atoms with Gasteiger partial charge in [0.15, 0.2) is 22.7 Å². The van der Waals surface area contributed by atoms with E-state index in [1.807, 2.05) is 18.5 Å². The summed E-state index contributed by atoms with van der Waals surface area (Å²) < 4.78 is 56.3. The van der Waals surface area contributed by atoms with Crippen molar-refractivity contribution in [3.8, 4) is 11.5 Å².